The summed E-state index contributed by atoms with van der Waals surface area (Å²) in [6.45, 7) is 7.08. The molecule has 8 aromatic rings. The molecule has 1 nitrogen and oxygen atoms in total. The average Bonchev–Trinajstić information content (AvgIpc) is 3.80. The monoisotopic (exact) mass is 809 g/mol. The maximum atomic E-state index is 2.77. The number of fused-ring (bicyclic) bond motifs is 13. The molecule has 0 saturated heterocycles. The van der Waals surface area contributed by atoms with Gasteiger partial charge in [-0.3, -0.25) is 0 Å². The maximum absolute atomic E-state index is 2.77. The number of rotatable bonds is 4. The van der Waals surface area contributed by atoms with Gasteiger partial charge in [-0.05, 0) is 188 Å². The van der Waals surface area contributed by atoms with Crippen molar-refractivity contribution in [2.45, 2.75) is 75.5 Å². The summed E-state index contributed by atoms with van der Waals surface area (Å²) in [6, 6.07) is 65.9. The van der Waals surface area contributed by atoms with Gasteiger partial charge in [0.1, 0.15) is 0 Å². The minimum atomic E-state index is -0.415. The number of hydrogen-bond acceptors (Lipinski definition) is 1. The zero-order chi connectivity index (χ0) is 41.8. The fraction of sp³-hybridized carbons (Fsp3) is 0.226. The van der Waals surface area contributed by atoms with E-state index in [0.717, 1.165) is 17.5 Å². The van der Waals surface area contributed by atoms with Crippen molar-refractivity contribution in [2.75, 3.05) is 4.90 Å². The number of aryl methyl sites for hydroxylation is 1. The van der Waals surface area contributed by atoms with Crippen molar-refractivity contribution in [3.63, 3.8) is 0 Å². The first kappa shape index (κ1) is 36.1. The lowest BCUT2D eigenvalue weighted by molar-refractivity contribution is 0.166. The van der Waals surface area contributed by atoms with E-state index in [1.807, 2.05) is 0 Å². The molecule has 15 rings (SSSR count). The third kappa shape index (κ3) is 4.89. The Bertz CT molecular complexity index is 3210. The van der Waals surface area contributed by atoms with Crippen LogP contribution >= 0.6 is 0 Å². The first-order valence-electron chi connectivity index (χ1n) is 23.6. The summed E-state index contributed by atoms with van der Waals surface area (Å²) < 4.78 is 0. The van der Waals surface area contributed by atoms with Gasteiger partial charge in [0.15, 0.2) is 0 Å². The van der Waals surface area contributed by atoms with E-state index < -0.39 is 5.41 Å². The normalized spacial score (nSPS) is 23.0. The molecule has 0 N–H and O–H groups in total. The van der Waals surface area contributed by atoms with Crippen LogP contribution in [-0.4, -0.2) is 0 Å². The second-order valence-corrected chi connectivity index (χ2v) is 20.6. The highest BCUT2D eigenvalue weighted by Gasteiger charge is 2.53. The van der Waals surface area contributed by atoms with E-state index in [4.69, 9.17) is 0 Å². The van der Waals surface area contributed by atoms with Gasteiger partial charge in [0.2, 0.25) is 0 Å². The Balaban J connectivity index is 1.01. The fourth-order valence-corrected chi connectivity index (χ4v) is 14.3. The Kier molecular flexibility index (Phi) is 7.35. The predicted octanol–water partition coefficient (Wildman–Crippen LogP) is 16.2. The lowest BCUT2D eigenvalue weighted by atomic mass is 9.67. The van der Waals surface area contributed by atoms with Crippen LogP contribution in [0.2, 0.25) is 0 Å². The van der Waals surface area contributed by atoms with Gasteiger partial charge in [-0.15, -0.1) is 0 Å². The van der Waals surface area contributed by atoms with Gasteiger partial charge in [0, 0.05) is 22.5 Å². The van der Waals surface area contributed by atoms with Crippen LogP contribution in [0.1, 0.15) is 108 Å². The molecule has 8 aromatic carbocycles. The number of benzene rings is 8. The minimum Gasteiger partial charge on any atom is -0.310 e. The molecule has 3 unspecified atom stereocenters. The highest BCUT2D eigenvalue weighted by atomic mass is 15.1. The standard InChI is InChI=1S/C62H51N/c1-37-17-24-51-54-35-52-42-29-38-28-39(30-42)32-43(31-38)53(52)36-60(54)62(58(51)27-37)56-16-10-8-14-48(56)50-26-23-46(34-59(50)62)63(44-20-18-41(19-21-44)40-11-5-4-6-12-40)45-22-25-49-47-13-7-9-15-55(47)61(2,3)57(49)33-45/h4-27,33-36,38-39,42-43H,28-32H2,1-3H3. The van der Waals surface area contributed by atoms with E-state index in [0.29, 0.717) is 11.8 Å². The molecule has 1 heteroatoms. The quantitative estimate of drug-likeness (QED) is 0.171. The molecule has 304 valence electrons. The van der Waals surface area contributed by atoms with Crippen molar-refractivity contribution in [2.24, 2.45) is 11.8 Å². The minimum absolute atomic E-state index is 0.111. The van der Waals surface area contributed by atoms with E-state index in [1.165, 1.54) is 127 Å². The largest absolute Gasteiger partial charge is 0.310 e. The highest BCUT2D eigenvalue weighted by Crippen LogP contribution is 2.66. The first-order chi connectivity index (χ1) is 30.8. The van der Waals surface area contributed by atoms with Crippen molar-refractivity contribution in [3.8, 4) is 44.5 Å². The van der Waals surface area contributed by atoms with Gasteiger partial charge in [-0.1, -0.05) is 153 Å². The molecule has 4 bridgehead atoms. The number of hydrogen-bond donors (Lipinski definition) is 0. The third-order valence-corrected chi connectivity index (χ3v) is 16.9. The molecule has 2 fully saturated rings. The molecule has 0 radical (unpaired) electrons. The van der Waals surface area contributed by atoms with Crippen molar-refractivity contribution in [1.29, 1.82) is 0 Å². The molecule has 7 aliphatic rings. The van der Waals surface area contributed by atoms with E-state index in [1.54, 1.807) is 11.1 Å². The van der Waals surface area contributed by atoms with Crippen molar-refractivity contribution < 1.29 is 0 Å². The molecule has 3 atom stereocenters. The van der Waals surface area contributed by atoms with E-state index in [2.05, 4.69) is 196 Å². The average molecular weight is 810 g/mol. The van der Waals surface area contributed by atoms with Crippen LogP contribution in [0, 0.1) is 18.8 Å². The number of nitrogens with zero attached hydrogens (tertiary/aromatic N) is 1. The summed E-state index contributed by atoms with van der Waals surface area (Å²) >= 11 is 0. The topological polar surface area (TPSA) is 3.24 Å². The molecule has 63 heavy (non-hydrogen) atoms. The summed E-state index contributed by atoms with van der Waals surface area (Å²) in [6.07, 6.45) is 6.96. The lowest BCUT2D eigenvalue weighted by Crippen LogP contribution is -2.27. The molecule has 0 amide bonds. The fourth-order valence-electron chi connectivity index (χ4n) is 14.3. The Hall–Kier alpha value is -6.44. The van der Waals surface area contributed by atoms with Crippen LogP contribution in [0.5, 0.6) is 0 Å². The predicted molar refractivity (Wildman–Crippen MR) is 261 cm³/mol. The van der Waals surface area contributed by atoms with Gasteiger partial charge < -0.3 is 4.90 Å². The Morgan fingerprint density at radius 1 is 0.381 bits per heavy atom. The second-order valence-electron chi connectivity index (χ2n) is 20.6. The van der Waals surface area contributed by atoms with Crippen molar-refractivity contribution in [3.05, 3.63) is 220 Å². The number of anilines is 3. The third-order valence-electron chi connectivity index (χ3n) is 16.9. The van der Waals surface area contributed by atoms with Crippen molar-refractivity contribution in [1.82, 2.24) is 0 Å². The molecule has 0 heterocycles. The smallest absolute Gasteiger partial charge is 0.0726 e. The Morgan fingerprint density at radius 3 is 1.59 bits per heavy atom. The van der Waals surface area contributed by atoms with Crippen LogP contribution in [0.3, 0.4) is 0 Å². The zero-order valence-electron chi connectivity index (χ0n) is 36.5. The molecule has 0 aromatic heterocycles. The van der Waals surface area contributed by atoms with Crippen molar-refractivity contribution >= 4 is 17.1 Å². The van der Waals surface area contributed by atoms with Crippen LogP contribution in [-0.2, 0) is 10.8 Å². The van der Waals surface area contributed by atoms with Crippen LogP contribution in [0.4, 0.5) is 17.1 Å². The van der Waals surface area contributed by atoms with E-state index in [9.17, 15) is 0 Å². The van der Waals surface area contributed by atoms with Gasteiger partial charge in [-0.2, -0.15) is 0 Å². The van der Waals surface area contributed by atoms with Gasteiger partial charge in [-0.25, -0.2) is 0 Å². The summed E-state index contributed by atoms with van der Waals surface area (Å²) in [7, 11) is 0. The summed E-state index contributed by atoms with van der Waals surface area (Å²) in [4.78, 5) is 2.53. The van der Waals surface area contributed by atoms with Gasteiger partial charge in [0.25, 0.3) is 0 Å². The van der Waals surface area contributed by atoms with Gasteiger partial charge in [0.05, 0.1) is 5.41 Å². The first-order valence-corrected chi connectivity index (χ1v) is 23.6. The molecular weight excluding hydrogens is 759 g/mol. The zero-order valence-corrected chi connectivity index (χ0v) is 36.5. The van der Waals surface area contributed by atoms with Crippen LogP contribution in [0.15, 0.2) is 170 Å². The molecule has 2 saturated carbocycles. The molecular formula is C62H51N. The van der Waals surface area contributed by atoms with E-state index >= 15 is 0 Å². The lowest BCUT2D eigenvalue weighted by Gasteiger charge is -2.38. The van der Waals surface area contributed by atoms with Crippen LogP contribution in [0.25, 0.3) is 44.5 Å². The second kappa shape index (κ2) is 12.8. The Morgan fingerprint density at radius 2 is 0.873 bits per heavy atom. The van der Waals surface area contributed by atoms with E-state index in [-0.39, 0.29) is 5.41 Å². The highest BCUT2D eigenvalue weighted by molar-refractivity contribution is 5.97. The summed E-state index contributed by atoms with van der Waals surface area (Å²) in [5.74, 6) is 3.16. The van der Waals surface area contributed by atoms with Gasteiger partial charge >= 0.3 is 0 Å². The SMILES string of the molecule is Cc1ccc2c(c1)C1(c3ccccc3-c3ccc(N(c4ccc(-c5ccccc5)cc4)c4ccc5c(c4)C(C)(C)c4ccccc4-5)cc31)c1cc3c(cc1-2)C1CC2CC(C1)CC3C2. The Labute approximate surface area is 372 Å². The van der Waals surface area contributed by atoms with Crippen LogP contribution < -0.4 is 4.90 Å². The summed E-state index contributed by atoms with van der Waals surface area (Å²) in [5, 5.41) is 0. The molecule has 1 spiro atoms. The molecule has 0 aliphatic heterocycles. The molecule has 7 aliphatic carbocycles. The maximum Gasteiger partial charge on any atom is 0.0726 e. The summed E-state index contributed by atoms with van der Waals surface area (Å²) in [5.41, 5.74) is 27.0.